The molecule has 1 fully saturated rings. The van der Waals surface area contributed by atoms with Crippen molar-refractivity contribution in [1.82, 2.24) is 10.9 Å². The average Bonchev–Trinajstić information content (AvgIpc) is 3.01. The summed E-state index contributed by atoms with van der Waals surface area (Å²) in [5, 5.41) is -0.599. The molecule has 2 heterocycles. The normalized spacial score (nSPS) is 27.3. The van der Waals surface area contributed by atoms with Crippen molar-refractivity contribution in [3.05, 3.63) is 23.8 Å². The minimum absolute atomic E-state index is 0.215. The molecule has 10 heteroatoms. The van der Waals surface area contributed by atoms with E-state index in [0.717, 1.165) is 5.56 Å². The highest BCUT2D eigenvalue weighted by Gasteiger charge is 2.40. The molecule has 0 amide bonds. The van der Waals surface area contributed by atoms with Crippen LogP contribution in [0.3, 0.4) is 0 Å². The average molecular weight is 374 g/mol. The highest BCUT2D eigenvalue weighted by molar-refractivity contribution is 7.93. The largest absolute Gasteiger partial charge is 0.283 e. The highest BCUT2D eigenvalue weighted by atomic mass is 32.2. The van der Waals surface area contributed by atoms with Gasteiger partial charge in [0.15, 0.2) is 0 Å². The van der Waals surface area contributed by atoms with Gasteiger partial charge in [-0.3, -0.25) is 19.9 Å². The second-order valence-corrected chi connectivity index (χ2v) is 10.2. The summed E-state index contributed by atoms with van der Waals surface area (Å²) in [5.41, 5.74) is 7.76. The van der Waals surface area contributed by atoms with E-state index in [4.69, 9.17) is 0 Å². The first-order chi connectivity index (χ1) is 11.1. The topological polar surface area (TPSA) is 108 Å². The van der Waals surface area contributed by atoms with Gasteiger partial charge in [0.1, 0.15) is 5.25 Å². The van der Waals surface area contributed by atoms with Crippen LogP contribution in [0.5, 0.6) is 0 Å². The zero-order valence-electron chi connectivity index (χ0n) is 13.8. The molecule has 3 rings (SSSR count). The first-order valence-corrected chi connectivity index (χ1v) is 11.1. The molecule has 0 radical (unpaired) electrons. The molecule has 0 bridgehead atoms. The van der Waals surface area contributed by atoms with Crippen LogP contribution < -0.4 is 19.9 Å². The van der Waals surface area contributed by atoms with Crippen LogP contribution >= 0.6 is 0 Å². The molecule has 1 aromatic rings. The lowest BCUT2D eigenvalue weighted by Gasteiger charge is -2.20. The number of anilines is 2. The maximum Gasteiger partial charge on any atom is 0.238 e. The predicted molar refractivity (Wildman–Crippen MR) is 93.9 cm³/mol. The van der Waals surface area contributed by atoms with Crippen LogP contribution in [0.25, 0.3) is 0 Å². The fourth-order valence-electron chi connectivity index (χ4n) is 3.41. The lowest BCUT2D eigenvalue weighted by Crippen LogP contribution is -2.41. The number of nitrogens with zero attached hydrogens (tertiary/aromatic N) is 1. The van der Waals surface area contributed by atoms with Crippen LogP contribution in [0.2, 0.25) is 0 Å². The molecule has 0 spiro atoms. The number of benzene rings is 1. The summed E-state index contributed by atoms with van der Waals surface area (Å²) in [6, 6.07) is 4.54. The molecule has 0 aromatic heterocycles. The second-order valence-electron chi connectivity index (χ2n) is 6.41. The molecule has 2 unspecified atom stereocenters. The van der Waals surface area contributed by atoms with E-state index in [1.165, 1.54) is 10.6 Å². The first kappa shape index (κ1) is 17.5. The molecule has 0 aliphatic carbocycles. The lowest BCUT2D eigenvalue weighted by atomic mass is 10.1. The van der Waals surface area contributed by atoms with Crippen molar-refractivity contribution < 1.29 is 16.8 Å². The molecule has 2 atom stereocenters. The van der Waals surface area contributed by atoms with E-state index in [9.17, 15) is 16.8 Å². The molecule has 3 N–H and O–H groups in total. The van der Waals surface area contributed by atoms with Crippen LogP contribution in [0.4, 0.5) is 11.4 Å². The van der Waals surface area contributed by atoms with Gasteiger partial charge in [0.25, 0.3) is 0 Å². The summed E-state index contributed by atoms with van der Waals surface area (Å²) in [6.07, 6.45) is 1.74. The summed E-state index contributed by atoms with van der Waals surface area (Å²) in [4.78, 5) is 0. The third kappa shape index (κ3) is 3.10. The van der Waals surface area contributed by atoms with Gasteiger partial charge in [-0.15, -0.1) is 0 Å². The maximum absolute atomic E-state index is 12.6. The third-order valence-electron chi connectivity index (χ3n) is 4.48. The first-order valence-electron chi connectivity index (χ1n) is 7.73. The zero-order valence-corrected chi connectivity index (χ0v) is 15.4. The SMILES string of the molecule is CC1NNC(C)C1S(=O)(=O)Nc1ccc2c(c1)CCN2S(C)(=O)=O. The van der Waals surface area contributed by atoms with E-state index >= 15 is 0 Å². The standard InChI is InChI=1S/C14H22N4O4S2/c1-9-14(10(2)16-15-9)24(21,22)17-12-4-5-13-11(8-12)6-7-18(13)23(3,19)20/h4-5,8-10,14-17H,6-7H2,1-3H3. The van der Waals surface area contributed by atoms with Crippen molar-refractivity contribution in [3.63, 3.8) is 0 Å². The van der Waals surface area contributed by atoms with Crippen LogP contribution in [0.15, 0.2) is 18.2 Å². The van der Waals surface area contributed by atoms with Crippen molar-refractivity contribution in [2.24, 2.45) is 0 Å². The Morgan fingerprint density at radius 1 is 1.12 bits per heavy atom. The molecule has 1 aromatic carbocycles. The molecule has 2 aliphatic heterocycles. The minimum atomic E-state index is -3.58. The van der Waals surface area contributed by atoms with Crippen LogP contribution in [-0.4, -0.2) is 47.0 Å². The van der Waals surface area contributed by atoms with Crippen LogP contribution in [0, 0.1) is 0 Å². The van der Waals surface area contributed by atoms with Crippen LogP contribution in [0.1, 0.15) is 19.4 Å². The van der Waals surface area contributed by atoms with Gasteiger partial charge in [-0.1, -0.05) is 0 Å². The number of hydrogen-bond acceptors (Lipinski definition) is 6. The van der Waals surface area contributed by atoms with Crippen molar-refractivity contribution in [1.29, 1.82) is 0 Å². The van der Waals surface area contributed by atoms with E-state index in [1.807, 2.05) is 13.8 Å². The maximum atomic E-state index is 12.6. The Hall–Kier alpha value is -1.36. The minimum Gasteiger partial charge on any atom is -0.283 e. The molecule has 8 nitrogen and oxygen atoms in total. The molecular formula is C14H22N4O4S2. The number of hydrazine groups is 1. The van der Waals surface area contributed by atoms with Crippen LogP contribution in [-0.2, 0) is 26.5 Å². The molecule has 0 saturated carbocycles. The Kier molecular flexibility index (Phi) is 4.27. The van der Waals surface area contributed by atoms with Gasteiger partial charge < -0.3 is 0 Å². The van der Waals surface area contributed by atoms with Gasteiger partial charge in [0.05, 0.1) is 11.9 Å². The van der Waals surface area contributed by atoms with E-state index in [2.05, 4.69) is 15.6 Å². The number of fused-ring (bicyclic) bond motifs is 1. The Bertz CT molecular complexity index is 844. The zero-order chi connectivity index (χ0) is 17.7. The van der Waals surface area contributed by atoms with Gasteiger partial charge in [0, 0.05) is 24.3 Å². The smallest absolute Gasteiger partial charge is 0.238 e. The number of hydrogen-bond donors (Lipinski definition) is 3. The third-order valence-corrected chi connectivity index (χ3v) is 7.71. The summed E-state index contributed by atoms with van der Waals surface area (Å²) in [6.45, 7) is 4.01. The Balaban J connectivity index is 1.85. The Morgan fingerprint density at radius 2 is 1.75 bits per heavy atom. The second kappa shape index (κ2) is 5.87. The van der Waals surface area contributed by atoms with E-state index in [-0.39, 0.29) is 12.1 Å². The molecule has 134 valence electrons. The molecule has 2 aliphatic rings. The Labute approximate surface area is 142 Å². The van der Waals surface area contributed by atoms with Crippen molar-refractivity contribution in [2.75, 3.05) is 21.8 Å². The quantitative estimate of drug-likeness (QED) is 0.685. The van der Waals surface area contributed by atoms with Gasteiger partial charge in [0.2, 0.25) is 20.0 Å². The summed E-state index contributed by atoms with van der Waals surface area (Å²) < 4.78 is 52.8. The summed E-state index contributed by atoms with van der Waals surface area (Å²) in [7, 11) is -6.89. The summed E-state index contributed by atoms with van der Waals surface area (Å²) in [5.74, 6) is 0. The predicted octanol–water partition coefficient (Wildman–Crippen LogP) is 0.00380. The summed E-state index contributed by atoms with van der Waals surface area (Å²) >= 11 is 0. The molecule has 24 heavy (non-hydrogen) atoms. The van der Waals surface area contributed by atoms with Gasteiger partial charge in [-0.25, -0.2) is 16.8 Å². The van der Waals surface area contributed by atoms with Crippen molar-refractivity contribution in [2.45, 2.75) is 37.6 Å². The van der Waals surface area contributed by atoms with Gasteiger partial charge >= 0.3 is 0 Å². The molecular weight excluding hydrogens is 352 g/mol. The van der Waals surface area contributed by atoms with Gasteiger partial charge in [-0.05, 0) is 44.0 Å². The Morgan fingerprint density at radius 3 is 2.33 bits per heavy atom. The van der Waals surface area contributed by atoms with Crippen molar-refractivity contribution >= 4 is 31.4 Å². The van der Waals surface area contributed by atoms with Gasteiger partial charge in [-0.2, -0.15) is 0 Å². The number of sulfonamides is 2. The lowest BCUT2D eigenvalue weighted by molar-refractivity contribution is 0.564. The fourth-order valence-corrected chi connectivity index (χ4v) is 6.17. The fraction of sp³-hybridized carbons (Fsp3) is 0.571. The van der Waals surface area contributed by atoms with E-state index in [1.54, 1.807) is 18.2 Å². The number of nitrogens with one attached hydrogen (secondary N) is 3. The number of rotatable bonds is 4. The van der Waals surface area contributed by atoms with Crippen molar-refractivity contribution in [3.8, 4) is 0 Å². The van der Waals surface area contributed by atoms with E-state index in [0.29, 0.717) is 24.3 Å². The highest BCUT2D eigenvalue weighted by Crippen LogP contribution is 2.32. The monoisotopic (exact) mass is 374 g/mol. The van der Waals surface area contributed by atoms with E-state index < -0.39 is 25.3 Å². The molecule has 1 saturated heterocycles.